The summed E-state index contributed by atoms with van der Waals surface area (Å²) < 4.78 is 2.10. The van der Waals surface area contributed by atoms with Crippen LogP contribution in [0.5, 0.6) is 0 Å². The standard InChI is InChI=1S/C20H23N3O/c1-15-8-9-16(2)23(15)20-11-10-18(13-22-20)19(24)14-21-12-17-6-4-3-5-7-17/h3-11,13,19,21,24H,12,14H2,1-2H3/t19-/m0/s1. The normalized spacial score (nSPS) is 12.3. The van der Waals surface area contributed by atoms with Gasteiger partial charge in [-0.15, -0.1) is 0 Å². The Labute approximate surface area is 142 Å². The van der Waals surface area contributed by atoms with Crippen molar-refractivity contribution >= 4 is 0 Å². The molecule has 3 rings (SSSR count). The predicted molar refractivity (Wildman–Crippen MR) is 96.1 cm³/mol. The molecule has 0 amide bonds. The number of benzene rings is 1. The van der Waals surface area contributed by atoms with Crippen LogP contribution in [-0.4, -0.2) is 21.2 Å². The van der Waals surface area contributed by atoms with Crippen LogP contribution in [0.1, 0.15) is 28.6 Å². The van der Waals surface area contributed by atoms with E-state index in [2.05, 4.69) is 53.0 Å². The molecule has 0 radical (unpaired) electrons. The van der Waals surface area contributed by atoms with Crippen LogP contribution in [0.4, 0.5) is 0 Å². The van der Waals surface area contributed by atoms with Crippen LogP contribution in [-0.2, 0) is 6.54 Å². The number of aromatic nitrogens is 2. The molecule has 2 aromatic heterocycles. The van der Waals surface area contributed by atoms with Gasteiger partial charge in [-0.1, -0.05) is 36.4 Å². The van der Waals surface area contributed by atoms with Crippen LogP contribution >= 0.6 is 0 Å². The zero-order valence-corrected chi connectivity index (χ0v) is 14.1. The fraction of sp³-hybridized carbons (Fsp3) is 0.250. The lowest BCUT2D eigenvalue weighted by molar-refractivity contribution is 0.174. The third kappa shape index (κ3) is 3.72. The van der Waals surface area contributed by atoms with E-state index in [0.29, 0.717) is 6.54 Å². The van der Waals surface area contributed by atoms with E-state index in [4.69, 9.17) is 0 Å². The Hall–Kier alpha value is -2.43. The summed E-state index contributed by atoms with van der Waals surface area (Å²) in [5.41, 5.74) is 4.33. The van der Waals surface area contributed by atoms with Gasteiger partial charge in [-0.25, -0.2) is 4.98 Å². The maximum absolute atomic E-state index is 10.3. The monoisotopic (exact) mass is 321 g/mol. The highest BCUT2D eigenvalue weighted by molar-refractivity contribution is 5.33. The number of aryl methyl sites for hydroxylation is 2. The number of nitrogens with zero attached hydrogens (tertiary/aromatic N) is 2. The maximum Gasteiger partial charge on any atom is 0.136 e. The third-order valence-electron chi connectivity index (χ3n) is 4.17. The van der Waals surface area contributed by atoms with Gasteiger partial charge in [-0.05, 0) is 37.6 Å². The molecule has 24 heavy (non-hydrogen) atoms. The number of nitrogens with one attached hydrogen (secondary N) is 1. The summed E-state index contributed by atoms with van der Waals surface area (Å²) in [5.74, 6) is 0.878. The Morgan fingerprint density at radius 3 is 2.33 bits per heavy atom. The molecule has 1 atom stereocenters. The van der Waals surface area contributed by atoms with Crippen molar-refractivity contribution in [2.75, 3.05) is 6.54 Å². The Bertz CT molecular complexity index is 759. The summed E-state index contributed by atoms with van der Waals surface area (Å²) in [4.78, 5) is 4.51. The van der Waals surface area contributed by atoms with Crippen LogP contribution in [0, 0.1) is 13.8 Å². The predicted octanol–water partition coefficient (Wildman–Crippen LogP) is 3.31. The first-order valence-electron chi connectivity index (χ1n) is 8.19. The minimum Gasteiger partial charge on any atom is -0.387 e. The Morgan fingerprint density at radius 2 is 1.71 bits per heavy atom. The van der Waals surface area contributed by atoms with Crippen molar-refractivity contribution in [3.8, 4) is 5.82 Å². The Morgan fingerprint density at radius 1 is 1.00 bits per heavy atom. The van der Waals surface area contributed by atoms with Gasteiger partial charge < -0.3 is 15.0 Å². The van der Waals surface area contributed by atoms with Crippen molar-refractivity contribution in [1.29, 1.82) is 0 Å². The summed E-state index contributed by atoms with van der Waals surface area (Å²) in [6, 6.07) is 18.2. The van der Waals surface area contributed by atoms with Crippen molar-refractivity contribution in [2.24, 2.45) is 0 Å². The number of hydrogen-bond acceptors (Lipinski definition) is 3. The molecule has 124 valence electrons. The van der Waals surface area contributed by atoms with Crippen molar-refractivity contribution < 1.29 is 5.11 Å². The third-order valence-corrected chi connectivity index (χ3v) is 4.17. The van der Waals surface area contributed by atoms with Crippen LogP contribution in [0.15, 0.2) is 60.8 Å². The minimum atomic E-state index is -0.567. The number of pyridine rings is 1. The highest BCUT2D eigenvalue weighted by atomic mass is 16.3. The van der Waals surface area contributed by atoms with Crippen molar-refractivity contribution in [1.82, 2.24) is 14.9 Å². The van der Waals surface area contributed by atoms with Crippen LogP contribution in [0.3, 0.4) is 0 Å². The molecule has 0 saturated carbocycles. The van der Waals surface area contributed by atoms with E-state index < -0.39 is 6.10 Å². The molecule has 4 nitrogen and oxygen atoms in total. The van der Waals surface area contributed by atoms with E-state index in [-0.39, 0.29) is 0 Å². The summed E-state index contributed by atoms with van der Waals surface area (Å²) in [6.45, 7) is 5.36. The van der Waals surface area contributed by atoms with Gasteiger partial charge in [0.25, 0.3) is 0 Å². The van der Waals surface area contributed by atoms with Crippen LogP contribution < -0.4 is 5.32 Å². The summed E-state index contributed by atoms with van der Waals surface area (Å²) in [7, 11) is 0. The summed E-state index contributed by atoms with van der Waals surface area (Å²) in [5, 5.41) is 13.6. The average molecular weight is 321 g/mol. The van der Waals surface area contributed by atoms with Crippen molar-refractivity contribution in [2.45, 2.75) is 26.5 Å². The van der Waals surface area contributed by atoms with Gasteiger partial charge in [-0.3, -0.25) is 0 Å². The molecule has 0 bridgehead atoms. The first-order chi connectivity index (χ1) is 11.6. The fourth-order valence-electron chi connectivity index (χ4n) is 2.82. The zero-order valence-electron chi connectivity index (χ0n) is 14.1. The van der Waals surface area contributed by atoms with E-state index >= 15 is 0 Å². The molecule has 0 saturated heterocycles. The van der Waals surface area contributed by atoms with Gasteiger partial charge in [0.2, 0.25) is 0 Å². The summed E-state index contributed by atoms with van der Waals surface area (Å²) in [6.07, 6.45) is 1.19. The molecule has 4 heteroatoms. The second-order valence-corrected chi connectivity index (χ2v) is 6.03. The second kappa shape index (κ2) is 7.43. The van der Waals surface area contributed by atoms with Crippen LogP contribution in [0.2, 0.25) is 0 Å². The highest BCUT2D eigenvalue weighted by Crippen LogP contribution is 2.17. The zero-order chi connectivity index (χ0) is 16.9. The van der Waals surface area contributed by atoms with E-state index in [0.717, 1.165) is 29.3 Å². The van der Waals surface area contributed by atoms with Gasteiger partial charge in [0, 0.05) is 36.2 Å². The summed E-state index contributed by atoms with van der Waals surface area (Å²) >= 11 is 0. The van der Waals surface area contributed by atoms with E-state index in [1.807, 2.05) is 30.3 Å². The van der Waals surface area contributed by atoms with Crippen molar-refractivity contribution in [3.63, 3.8) is 0 Å². The van der Waals surface area contributed by atoms with E-state index in [9.17, 15) is 5.11 Å². The molecule has 1 aromatic carbocycles. The molecule has 0 aliphatic carbocycles. The van der Waals surface area contributed by atoms with Gasteiger partial charge in [0.05, 0.1) is 6.10 Å². The number of rotatable bonds is 6. The number of aliphatic hydroxyl groups excluding tert-OH is 1. The smallest absolute Gasteiger partial charge is 0.136 e. The molecule has 0 aliphatic heterocycles. The molecule has 3 aromatic rings. The first kappa shape index (κ1) is 16.4. The lowest BCUT2D eigenvalue weighted by Crippen LogP contribution is -2.21. The quantitative estimate of drug-likeness (QED) is 0.732. The molecule has 2 heterocycles. The lowest BCUT2D eigenvalue weighted by Gasteiger charge is -2.14. The van der Waals surface area contributed by atoms with E-state index in [1.165, 1.54) is 5.56 Å². The molecule has 0 spiro atoms. The molecular weight excluding hydrogens is 298 g/mol. The number of aliphatic hydroxyl groups is 1. The van der Waals surface area contributed by atoms with Gasteiger partial charge >= 0.3 is 0 Å². The maximum atomic E-state index is 10.3. The molecular formula is C20H23N3O. The molecule has 2 N–H and O–H groups in total. The van der Waals surface area contributed by atoms with Crippen LogP contribution in [0.25, 0.3) is 5.82 Å². The largest absolute Gasteiger partial charge is 0.387 e. The number of hydrogen-bond donors (Lipinski definition) is 2. The molecule has 0 fully saturated rings. The van der Waals surface area contributed by atoms with Gasteiger partial charge in [-0.2, -0.15) is 0 Å². The first-order valence-corrected chi connectivity index (χ1v) is 8.19. The van der Waals surface area contributed by atoms with Gasteiger partial charge in [0.15, 0.2) is 0 Å². The van der Waals surface area contributed by atoms with Gasteiger partial charge in [0.1, 0.15) is 5.82 Å². The average Bonchev–Trinajstić information content (AvgIpc) is 2.94. The fourth-order valence-corrected chi connectivity index (χ4v) is 2.82. The topological polar surface area (TPSA) is 50.1 Å². The lowest BCUT2D eigenvalue weighted by atomic mass is 10.1. The molecule has 0 unspecified atom stereocenters. The highest BCUT2D eigenvalue weighted by Gasteiger charge is 2.10. The SMILES string of the molecule is Cc1ccc(C)n1-c1ccc([C@@H](O)CNCc2ccccc2)cn1. The van der Waals surface area contributed by atoms with Crippen molar-refractivity contribution in [3.05, 3.63) is 83.3 Å². The second-order valence-electron chi connectivity index (χ2n) is 6.03. The molecule has 0 aliphatic rings. The Balaban J connectivity index is 1.61. The van der Waals surface area contributed by atoms with E-state index in [1.54, 1.807) is 6.20 Å². The Kier molecular flexibility index (Phi) is 5.08. The minimum absolute atomic E-state index is 0.498.